The highest BCUT2D eigenvalue weighted by Crippen LogP contribution is 2.32. The molecule has 0 fully saturated rings. The van der Waals surface area contributed by atoms with Crippen molar-refractivity contribution in [1.82, 2.24) is 5.32 Å². The van der Waals surface area contributed by atoms with Gasteiger partial charge in [0.25, 0.3) is 0 Å². The van der Waals surface area contributed by atoms with Crippen LogP contribution in [0.1, 0.15) is 32.6 Å². The van der Waals surface area contributed by atoms with Gasteiger partial charge in [0.1, 0.15) is 5.76 Å². The minimum absolute atomic E-state index is 0.108. The Hall–Kier alpha value is -1.35. The summed E-state index contributed by atoms with van der Waals surface area (Å²) in [6, 6.07) is 7.04. The third-order valence-corrected chi connectivity index (χ3v) is 3.71. The maximum atomic E-state index is 13.6. The molecule has 98 valence electrons. The summed E-state index contributed by atoms with van der Waals surface area (Å²) < 4.78 is 19.3. The van der Waals surface area contributed by atoms with Gasteiger partial charge >= 0.3 is 0 Å². The van der Waals surface area contributed by atoms with Crippen molar-refractivity contribution >= 4 is 11.0 Å². The summed E-state index contributed by atoms with van der Waals surface area (Å²) in [5, 5.41) is 4.08. The summed E-state index contributed by atoms with van der Waals surface area (Å²) in [6.07, 6.45) is 0. The molecule has 1 N–H and O–H groups in total. The van der Waals surface area contributed by atoms with Crippen LogP contribution < -0.4 is 5.32 Å². The molecule has 0 saturated heterocycles. The zero-order valence-electron chi connectivity index (χ0n) is 11.3. The Kier molecular flexibility index (Phi) is 3.71. The van der Waals surface area contributed by atoms with Gasteiger partial charge in [-0.1, -0.05) is 32.9 Å². The van der Waals surface area contributed by atoms with Crippen molar-refractivity contribution in [3.05, 3.63) is 35.8 Å². The second-order valence-electron chi connectivity index (χ2n) is 5.18. The van der Waals surface area contributed by atoms with E-state index in [1.807, 2.05) is 19.2 Å². The minimum Gasteiger partial charge on any atom is -0.456 e. The molecule has 1 heterocycles. The second kappa shape index (κ2) is 5.11. The Bertz CT molecular complexity index is 532. The Labute approximate surface area is 107 Å². The molecule has 1 aromatic heterocycles. The van der Waals surface area contributed by atoms with Gasteiger partial charge in [-0.15, -0.1) is 0 Å². The fourth-order valence-electron chi connectivity index (χ4n) is 2.25. The minimum atomic E-state index is -0.300. The second-order valence-corrected chi connectivity index (χ2v) is 5.18. The van der Waals surface area contributed by atoms with E-state index in [-0.39, 0.29) is 11.9 Å². The number of halogens is 1. The molecule has 18 heavy (non-hydrogen) atoms. The monoisotopic (exact) mass is 249 g/mol. The summed E-state index contributed by atoms with van der Waals surface area (Å²) in [5.41, 5.74) is 0.351. The van der Waals surface area contributed by atoms with E-state index in [0.29, 0.717) is 17.4 Å². The molecule has 0 spiro atoms. The highest BCUT2D eigenvalue weighted by Gasteiger charge is 2.24. The average Bonchev–Trinajstić information content (AvgIpc) is 2.75. The number of para-hydroxylation sites is 1. The van der Waals surface area contributed by atoms with Crippen LogP contribution in [0.2, 0.25) is 0 Å². The zero-order chi connectivity index (χ0) is 13.3. The molecule has 0 bridgehead atoms. The normalized spacial score (nSPS) is 15.2. The van der Waals surface area contributed by atoms with Gasteiger partial charge in [0, 0.05) is 5.39 Å². The lowest BCUT2D eigenvalue weighted by molar-refractivity contribution is 0.283. The van der Waals surface area contributed by atoms with Gasteiger partial charge in [-0.3, -0.25) is 0 Å². The maximum absolute atomic E-state index is 13.6. The average molecular weight is 249 g/mol. The van der Waals surface area contributed by atoms with Crippen LogP contribution in [-0.2, 0) is 0 Å². The Morgan fingerprint density at radius 2 is 1.94 bits per heavy atom. The van der Waals surface area contributed by atoms with E-state index < -0.39 is 0 Å². The van der Waals surface area contributed by atoms with Gasteiger partial charge in [-0.25, -0.2) is 4.39 Å². The molecule has 2 unspecified atom stereocenters. The van der Waals surface area contributed by atoms with Crippen molar-refractivity contribution in [3.63, 3.8) is 0 Å². The molecule has 0 radical (unpaired) electrons. The lowest BCUT2D eigenvalue weighted by atomic mass is 9.89. The van der Waals surface area contributed by atoms with Gasteiger partial charge in [0.05, 0.1) is 6.04 Å². The third kappa shape index (κ3) is 2.27. The smallest absolute Gasteiger partial charge is 0.169 e. The van der Waals surface area contributed by atoms with Crippen LogP contribution in [0.5, 0.6) is 0 Å². The number of nitrogens with one attached hydrogen (secondary N) is 1. The summed E-state index contributed by atoms with van der Waals surface area (Å²) in [4.78, 5) is 0. The first kappa shape index (κ1) is 13.1. The van der Waals surface area contributed by atoms with Crippen LogP contribution in [0, 0.1) is 17.7 Å². The van der Waals surface area contributed by atoms with E-state index in [0.717, 1.165) is 11.1 Å². The predicted octanol–water partition coefficient (Wildman–Crippen LogP) is 4.12. The fourth-order valence-corrected chi connectivity index (χ4v) is 2.25. The highest BCUT2D eigenvalue weighted by molar-refractivity contribution is 5.78. The maximum Gasteiger partial charge on any atom is 0.169 e. The summed E-state index contributed by atoms with van der Waals surface area (Å²) in [6.45, 7) is 6.53. The van der Waals surface area contributed by atoms with Crippen molar-refractivity contribution in [2.24, 2.45) is 11.8 Å². The molecule has 2 rings (SSSR count). The summed E-state index contributed by atoms with van der Waals surface area (Å²) in [7, 11) is 1.91. The third-order valence-electron chi connectivity index (χ3n) is 3.71. The molecule has 1 aromatic carbocycles. The first-order chi connectivity index (χ1) is 8.54. The first-order valence-electron chi connectivity index (χ1n) is 6.39. The first-order valence-corrected chi connectivity index (χ1v) is 6.39. The molecule has 2 nitrogen and oxygen atoms in total. The van der Waals surface area contributed by atoms with E-state index in [4.69, 9.17) is 4.42 Å². The Morgan fingerprint density at radius 1 is 1.22 bits per heavy atom. The fraction of sp³-hybridized carbons (Fsp3) is 0.467. The SMILES string of the molecule is CNC(c1cc2cccc(F)c2o1)C(C)C(C)C. The number of hydrogen-bond acceptors (Lipinski definition) is 2. The van der Waals surface area contributed by atoms with Crippen LogP contribution in [0.3, 0.4) is 0 Å². The van der Waals surface area contributed by atoms with Gasteiger partial charge in [-0.05, 0) is 31.0 Å². The van der Waals surface area contributed by atoms with E-state index in [1.54, 1.807) is 6.07 Å². The van der Waals surface area contributed by atoms with E-state index in [9.17, 15) is 4.39 Å². The summed E-state index contributed by atoms with van der Waals surface area (Å²) in [5.74, 6) is 1.45. The van der Waals surface area contributed by atoms with Crippen LogP contribution >= 0.6 is 0 Å². The molecule has 2 atom stereocenters. The van der Waals surface area contributed by atoms with Gasteiger partial charge in [0.2, 0.25) is 0 Å². The standard InChI is InChI=1S/C15H20FNO/c1-9(2)10(3)14(17-4)13-8-11-6-5-7-12(16)15(11)18-13/h5-10,14,17H,1-4H3. The van der Waals surface area contributed by atoms with Crippen LogP contribution in [-0.4, -0.2) is 7.05 Å². The van der Waals surface area contributed by atoms with Crippen molar-refractivity contribution in [2.45, 2.75) is 26.8 Å². The number of hydrogen-bond donors (Lipinski definition) is 1. The molecule has 0 aliphatic heterocycles. The molecule has 0 amide bonds. The van der Waals surface area contributed by atoms with Gasteiger partial charge < -0.3 is 9.73 Å². The number of fused-ring (bicyclic) bond motifs is 1. The number of furan rings is 1. The van der Waals surface area contributed by atoms with Crippen LogP contribution in [0.4, 0.5) is 4.39 Å². The van der Waals surface area contributed by atoms with E-state index in [1.165, 1.54) is 6.07 Å². The largest absolute Gasteiger partial charge is 0.456 e. The van der Waals surface area contributed by atoms with Crippen molar-refractivity contribution in [3.8, 4) is 0 Å². The molecule has 0 aliphatic rings. The topological polar surface area (TPSA) is 25.2 Å². The molecular formula is C15H20FNO. The zero-order valence-corrected chi connectivity index (χ0v) is 11.3. The number of rotatable bonds is 4. The Morgan fingerprint density at radius 3 is 2.50 bits per heavy atom. The van der Waals surface area contributed by atoms with Gasteiger partial charge in [0.15, 0.2) is 11.4 Å². The summed E-state index contributed by atoms with van der Waals surface area (Å²) >= 11 is 0. The Balaban J connectivity index is 2.43. The molecular weight excluding hydrogens is 229 g/mol. The van der Waals surface area contributed by atoms with Crippen LogP contribution in [0.15, 0.2) is 28.7 Å². The predicted molar refractivity (Wildman–Crippen MR) is 72.0 cm³/mol. The van der Waals surface area contributed by atoms with Crippen molar-refractivity contribution in [1.29, 1.82) is 0 Å². The molecule has 0 saturated carbocycles. The van der Waals surface area contributed by atoms with Gasteiger partial charge in [-0.2, -0.15) is 0 Å². The molecule has 3 heteroatoms. The highest BCUT2D eigenvalue weighted by atomic mass is 19.1. The van der Waals surface area contributed by atoms with Crippen molar-refractivity contribution in [2.75, 3.05) is 7.05 Å². The van der Waals surface area contributed by atoms with E-state index >= 15 is 0 Å². The lowest BCUT2D eigenvalue weighted by Gasteiger charge is -2.24. The molecule has 0 aliphatic carbocycles. The molecule has 2 aromatic rings. The van der Waals surface area contributed by atoms with Crippen molar-refractivity contribution < 1.29 is 8.81 Å². The quantitative estimate of drug-likeness (QED) is 0.881. The van der Waals surface area contributed by atoms with E-state index in [2.05, 4.69) is 26.1 Å². The number of benzene rings is 1. The lowest BCUT2D eigenvalue weighted by Crippen LogP contribution is -2.26. The van der Waals surface area contributed by atoms with Crippen LogP contribution in [0.25, 0.3) is 11.0 Å².